The fourth-order valence-corrected chi connectivity index (χ4v) is 6.36. The molecule has 2 N–H and O–H groups in total. The second-order valence-electron chi connectivity index (χ2n) is 9.08. The minimum absolute atomic E-state index is 0.278. The number of ether oxygens (including phenoxy) is 1. The van der Waals surface area contributed by atoms with Crippen molar-refractivity contribution in [3.05, 3.63) is 16.0 Å². The van der Waals surface area contributed by atoms with Crippen LogP contribution in [0, 0.1) is 11.8 Å². The van der Waals surface area contributed by atoms with E-state index in [1.54, 1.807) is 6.92 Å². The van der Waals surface area contributed by atoms with Gasteiger partial charge in [0.1, 0.15) is 5.00 Å². The third-order valence-electron chi connectivity index (χ3n) is 6.81. The van der Waals surface area contributed by atoms with Crippen molar-refractivity contribution < 1.29 is 24.2 Å². The van der Waals surface area contributed by atoms with Crippen LogP contribution in [0.15, 0.2) is 0 Å². The number of aliphatic carboxylic acids is 1. The molecule has 2 aliphatic rings. The summed E-state index contributed by atoms with van der Waals surface area (Å²) >= 11 is 1.49. The number of nitrogens with one attached hydrogen (secondary N) is 1. The number of aryl methyl sites for hydroxylation is 1. The predicted octanol–water partition coefficient (Wildman–Crippen LogP) is 5.97. The Morgan fingerprint density at radius 2 is 1.50 bits per heavy atom. The molecular formula is C25H37NO5S. The number of carboxylic acids is 1. The molecule has 32 heavy (non-hydrogen) atoms. The Morgan fingerprint density at radius 1 is 0.906 bits per heavy atom. The maximum absolute atomic E-state index is 13.1. The van der Waals surface area contributed by atoms with Crippen LogP contribution in [-0.2, 0) is 27.2 Å². The van der Waals surface area contributed by atoms with Crippen molar-refractivity contribution in [2.75, 3.05) is 11.9 Å². The molecule has 0 radical (unpaired) electrons. The van der Waals surface area contributed by atoms with Crippen molar-refractivity contribution in [3.8, 4) is 0 Å². The van der Waals surface area contributed by atoms with Gasteiger partial charge < -0.3 is 15.2 Å². The van der Waals surface area contributed by atoms with Crippen molar-refractivity contribution in [1.82, 2.24) is 0 Å². The highest BCUT2D eigenvalue weighted by Crippen LogP contribution is 2.38. The van der Waals surface area contributed by atoms with E-state index in [0.717, 1.165) is 50.5 Å². The van der Waals surface area contributed by atoms with Crippen molar-refractivity contribution in [2.45, 2.75) is 96.8 Å². The number of hydrogen-bond acceptors (Lipinski definition) is 5. The lowest BCUT2D eigenvalue weighted by molar-refractivity contribution is -0.147. The third kappa shape index (κ3) is 6.33. The van der Waals surface area contributed by atoms with Gasteiger partial charge in [-0.15, -0.1) is 11.3 Å². The zero-order valence-corrected chi connectivity index (χ0v) is 20.1. The van der Waals surface area contributed by atoms with Gasteiger partial charge in [0.05, 0.1) is 24.0 Å². The zero-order valence-electron chi connectivity index (χ0n) is 19.2. The smallest absolute Gasteiger partial charge is 0.341 e. The minimum atomic E-state index is -0.909. The predicted molar refractivity (Wildman–Crippen MR) is 126 cm³/mol. The normalized spacial score (nSPS) is 22.7. The van der Waals surface area contributed by atoms with Crippen LogP contribution in [0.3, 0.4) is 0 Å². The Kier molecular flexibility index (Phi) is 9.57. The van der Waals surface area contributed by atoms with Crippen LogP contribution in [0.5, 0.6) is 0 Å². The van der Waals surface area contributed by atoms with Crippen molar-refractivity contribution in [1.29, 1.82) is 0 Å². The summed E-state index contributed by atoms with van der Waals surface area (Å²) in [4.78, 5) is 38.9. The fraction of sp³-hybridized carbons (Fsp3) is 0.720. The van der Waals surface area contributed by atoms with Gasteiger partial charge in [0.25, 0.3) is 0 Å². The number of fused-ring (bicyclic) bond motifs is 1. The average molecular weight is 464 g/mol. The van der Waals surface area contributed by atoms with Crippen LogP contribution in [0.1, 0.15) is 105 Å². The second-order valence-corrected chi connectivity index (χ2v) is 10.2. The number of carbonyl (C=O) groups excluding carboxylic acids is 2. The molecule has 1 fully saturated rings. The Bertz CT molecular complexity index is 802. The van der Waals surface area contributed by atoms with Gasteiger partial charge in [-0.3, -0.25) is 9.59 Å². The first kappa shape index (κ1) is 24.7. The molecule has 0 aliphatic heterocycles. The average Bonchev–Trinajstić information content (AvgIpc) is 3.10. The first-order valence-electron chi connectivity index (χ1n) is 12.4. The molecule has 1 saturated carbocycles. The van der Waals surface area contributed by atoms with Gasteiger partial charge in [0, 0.05) is 4.88 Å². The standard InChI is InChI=1S/C25H37NO5S/c1-2-31-25(30)21-19-15-9-7-5-3-4-6-8-10-16-20(19)32-23(21)26-22(27)17-13-11-12-14-18(17)24(28)29/h17-18H,2-16H2,1H3,(H,26,27)(H,28,29)/t17-,18-/m1/s1. The first-order valence-corrected chi connectivity index (χ1v) is 13.2. The number of rotatable bonds is 5. The molecule has 1 heterocycles. The largest absolute Gasteiger partial charge is 0.481 e. The van der Waals surface area contributed by atoms with Crippen LogP contribution in [0.25, 0.3) is 0 Å². The SMILES string of the molecule is CCOC(=O)c1c(NC(=O)[C@@H]2CCCC[C@H]2C(=O)O)sc2c1CCCCCCCCCC2. The van der Waals surface area contributed by atoms with Gasteiger partial charge in [0.15, 0.2) is 0 Å². The molecule has 1 aromatic heterocycles. The first-order chi connectivity index (χ1) is 15.5. The second kappa shape index (κ2) is 12.4. The van der Waals surface area contributed by atoms with E-state index in [4.69, 9.17) is 4.74 Å². The molecule has 0 unspecified atom stereocenters. The molecule has 0 spiro atoms. The molecular weight excluding hydrogens is 426 g/mol. The van der Waals surface area contributed by atoms with E-state index in [1.165, 1.54) is 48.3 Å². The summed E-state index contributed by atoms with van der Waals surface area (Å²) in [6.45, 7) is 2.06. The van der Waals surface area contributed by atoms with Crippen LogP contribution in [-0.4, -0.2) is 29.6 Å². The Balaban J connectivity index is 1.89. The van der Waals surface area contributed by atoms with Gasteiger partial charge in [0.2, 0.25) is 5.91 Å². The van der Waals surface area contributed by atoms with E-state index >= 15 is 0 Å². The molecule has 0 bridgehead atoms. The van der Waals surface area contributed by atoms with Crippen LogP contribution in [0.4, 0.5) is 5.00 Å². The molecule has 3 rings (SSSR count). The molecule has 2 atom stereocenters. The van der Waals surface area contributed by atoms with Gasteiger partial charge in [-0.2, -0.15) is 0 Å². The zero-order chi connectivity index (χ0) is 22.9. The topological polar surface area (TPSA) is 92.7 Å². The summed E-state index contributed by atoms with van der Waals surface area (Å²) in [5.74, 6) is -2.78. The minimum Gasteiger partial charge on any atom is -0.481 e. The summed E-state index contributed by atoms with van der Waals surface area (Å²) in [5.41, 5.74) is 1.53. The van der Waals surface area contributed by atoms with Crippen LogP contribution < -0.4 is 5.32 Å². The molecule has 0 saturated heterocycles. The monoisotopic (exact) mass is 463 g/mol. The quantitative estimate of drug-likeness (QED) is 0.525. The lowest BCUT2D eigenvalue weighted by atomic mass is 9.78. The van der Waals surface area contributed by atoms with Crippen LogP contribution in [0.2, 0.25) is 0 Å². The molecule has 178 valence electrons. The number of esters is 1. The number of thiophene rings is 1. The highest BCUT2D eigenvalue weighted by atomic mass is 32.1. The van der Waals surface area contributed by atoms with E-state index in [0.29, 0.717) is 23.4 Å². The van der Waals surface area contributed by atoms with Gasteiger partial charge >= 0.3 is 11.9 Å². The van der Waals surface area contributed by atoms with E-state index in [9.17, 15) is 19.5 Å². The molecule has 6 nitrogen and oxygen atoms in total. The van der Waals surface area contributed by atoms with E-state index in [-0.39, 0.29) is 18.5 Å². The van der Waals surface area contributed by atoms with Crippen molar-refractivity contribution >= 4 is 34.2 Å². The van der Waals surface area contributed by atoms with E-state index in [2.05, 4.69) is 5.32 Å². The summed E-state index contributed by atoms with van der Waals surface area (Å²) in [6.07, 6.45) is 14.0. The van der Waals surface area contributed by atoms with Crippen molar-refractivity contribution in [2.24, 2.45) is 11.8 Å². The maximum atomic E-state index is 13.1. The number of anilines is 1. The summed E-state index contributed by atoms with van der Waals surface area (Å²) in [6, 6.07) is 0. The number of hydrogen-bond donors (Lipinski definition) is 2. The van der Waals surface area contributed by atoms with Crippen LogP contribution >= 0.6 is 11.3 Å². The van der Waals surface area contributed by atoms with Gasteiger partial charge in [-0.25, -0.2) is 4.79 Å². The highest BCUT2D eigenvalue weighted by molar-refractivity contribution is 7.17. The lowest BCUT2D eigenvalue weighted by Gasteiger charge is -2.27. The van der Waals surface area contributed by atoms with Gasteiger partial charge in [-0.1, -0.05) is 51.4 Å². The fourth-order valence-electron chi connectivity index (χ4n) is 5.08. The number of amides is 1. The van der Waals surface area contributed by atoms with Gasteiger partial charge in [-0.05, 0) is 51.0 Å². The Hall–Kier alpha value is -1.89. The van der Waals surface area contributed by atoms with E-state index in [1.807, 2.05) is 0 Å². The lowest BCUT2D eigenvalue weighted by Crippen LogP contribution is -2.36. The van der Waals surface area contributed by atoms with Crippen molar-refractivity contribution in [3.63, 3.8) is 0 Å². The molecule has 7 heteroatoms. The molecule has 2 aliphatic carbocycles. The molecule has 1 amide bonds. The summed E-state index contributed by atoms with van der Waals surface area (Å²) < 4.78 is 5.37. The highest BCUT2D eigenvalue weighted by Gasteiger charge is 2.37. The summed E-state index contributed by atoms with van der Waals surface area (Å²) in [7, 11) is 0. The van der Waals surface area contributed by atoms with E-state index < -0.39 is 17.8 Å². The molecule has 0 aromatic carbocycles. The Morgan fingerprint density at radius 3 is 2.12 bits per heavy atom. The summed E-state index contributed by atoms with van der Waals surface area (Å²) in [5, 5.41) is 13.1. The number of carboxylic acid groups (broad SMARTS) is 1. The maximum Gasteiger partial charge on any atom is 0.341 e. The third-order valence-corrected chi connectivity index (χ3v) is 8.01. The molecule has 1 aromatic rings. The Labute approximate surface area is 195 Å². The number of carbonyl (C=O) groups is 3.